The first kappa shape index (κ1) is 12.1. The first-order valence-corrected chi connectivity index (χ1v) is 7.15. The minimum atomic E-state index is -0.0657. The summed E-state index contributed by atoms with van der Waals surface area (Å²) in [5, 5.41) is 10.2. The summed E-state index contributed by atoms with van der Waals surface area (Å²) in [7, 11) is 0. The summed E-state index contributed by atoms with van der Waals surface area (Å²) in [4.78, 5) is 6.65. The van der Waals surface area contributed by atoms with Crippen LogP contribution < -0.4 is 0 Å². The molecule has 0 amide bonds. The molecule has 1 N–H and O–H groups in total. The molecular formula is C15H22N2O. The van der Waals surface area contributed by atoms with E-state index in [4.69, 9.17) is 0 Å². The molecule has 1 saturated heterocycles. The second-order valence-corrected chi connectivity index (χ2v) is 5.70. The van der Waals surface area contributed by atoms with Crippen molar-refractivity contribution in [2.45, 2.75) is 50.8 Å². The van der Waals surface area contributed by atoms with Gasteiger partial charge in [0.2, 0.25) is 0 Å². The molecule has 1 saturated carbocycles. The molecule has 0 radical (unpaired) electrons. The lowest BCUT2D eigenvalue weighted by atomic mass is 9.76. The zero-order valence-corrected chi connectivity index (χ0v) is 10.8. The van der Waals surface area contributed by atoms with E-state index in [9.17, 15) is 5.11 Å². The van der Waals surface area contributed by atoms with Gasteiger partial charge in [0.15, 0.2) is 0 Å². The summed E-state index contributed by atoms with van der Waals surface area (Å²) in [6.07, 6.45) is 9.68. The standard InChI is InChI=1S/C15H22N2O/c18-15-7-10-17(11-12-5-8-16-9-6-12)14-4-2-1-3-13(14)15/h5-6,8-9,13-15,18H,1-4,7,10-11H2. The molecule has 0 spiro atoms. The van der Waals surface area contributed by atoms with Gasteiger partial charge in [0.1, 0.15) is 0 Å². The Morgan fingerprint density at radius 3 is 2.78 bits per heavy atom. The van der Waals surface area contributed by atoms with E-state index in [1.807, 2.05) is 12.4 Å². The van der Waals surface area contributed by atoms with Crippen LogP contribution >= 0.6 is 0 Å². The molecule has 18 heavy (non-hydrogen) atoms. The van der Waals surface area contributed by atoms with Gasteiger partial charge in [-0.2, -0.15) is 0 Å². The van der Waals surface area contributed by atoms with Gasteiger partial charge in [0, 0.05) is 37.4 Å². The van der Waals surface area contributed by atoms with Crippen LogP contribution in [0.15, 0.2) is 24.5 Å². The van der Waals surface area contributed by atoms with Crippen molar-refractivity contribution in [3.63, 3.8) is 0 Å². The number of aromatic nitrogens is 1. The molecule has 2 aliphatic rings. The van der Waals surface area contributed by atoms with E-state index < -0.39 is 0 Å². The third kappa shape index (κ3) is 2.43. The van der Waals surface area contributed by atoms with E-state index in [2.05, 4.69) is 22.0 Å². The Morgan fingerprint density at radius 2 is 1.94 bits per heavy atom. The van der Waals surface area contributed by atoms with E-state index in [1.54, 1.807) is 0 Å². The largest absolute Gasteiger partial charge is 0.393 e. The van der Waals surface area contributed by atoms with Crippen LogP contribution in [0.2, 0.25) is 0 Å². The Morgan fingerprint density at radius 1 is 1.17 bits per heavy atom. The van der Waals surface area contributed by atoms with Crippen molar-refractivity contribution in [3.8, 4) is 0 Å². The Balaban J connectivity index is 1.71. The topological polar surface area (TPSA) is 36.4 Å². The van der Waals surface area contributed by atoms with Crippen molar-refractivity contribution < 1.29 is 5.11 Å². The van der Waals surface area contributed by atoms with Crippen LogP contribution in [0.25, 0.3) is 0 Å². The molecule has 1 aromatic heterocycles. The molecule has 2 fully saturated rings. The van der Waals surface area contributed by atoms with Crippen molar-refractivity contribution in [2.24, 2.45) is 5.92 Å². The van der Waals surface area contributed by atoms with Crippen LogP contribution in [0.4, 0.5) is 0 Å². The molecule has 1 aromatic rings. The molecule has 3 rings (SSSR count). The maximum atomic E-state index is 10.2. The fourth-order valence-electron chi connectivity index (χ4n) is 3.64. The predicted molar refractivity (Wildman–Crippen MR) is 71.0 cm³/mol. The van der Waals surface area contributed by atoms with E-state index in [1.165, 1.54) is 31.2 Å². The Kier molecular flexibility index (Phi) is 3.62. The number of hydrogen-bond acceptors (Lipinski definition) is 3. The Hall–Kier alpha value is -0.930. The molecular weight excluding hydrogens is 224 g/mol. The molecule has 1 aliphatic carbocycles. The predicted octanol–water partition coefficient (Wildman–Crippen LogP) is 2.21. The molecule has 3 heteroatoms. The highest BCUT2D eigenvalue weighted by atomic mass is 16.3. The normalized spacial score (nSPS) is 33.1. The molecule has 0 bridgehead atoms. The van der Waals surface area contributed by atoms with Crippen molar-refractivity contribution in [2.75, 3.05) is 6.54 Å². The fraction of sp³-hybridized carbons (Fsp3) is 0.667. The van der Waals surface area contributed by atoms with Gasteiger partial charge in [-0.3, -0.25) is 9.88 Å². The zero-order chi connectivity index (χ0) is 12.4. The smallest absolute Gasteiger partial charge is 0.0595 e. The second kappa shape index (κ2) is 5.37. The number of pyridine rings is 1. The van der Waals surface area contributed by atoms with E-state index in [0.29, 0.717) is 12.0 Å². The van der Waals surface area contributed by atoms with Crippen molar-refractivity contribution >= 4 is 0 Å². The Bertz CT molecular complexity index is 381. The minimum Gasteiger partial charge on any atom is -0.393 e. The average Bonchev–Trinajstić information content (AvgIpc) is 2.44. The molecule has 3 atom stereocenters. The fourth-order valence-corrected chi connectivity index (χ4v) is 3.64. The SMILES string of the molecule is OC1CCN(Cc2ccncc2)C2CCCCC12. The van der Waals surface area contributed by atoms with Gasteiger partial charge < -0.3 is 5.11 Å². The minimum absolute atomic E-state index is 0.0657. The van der Waals surface area contributed by atoms with Crippen LogP contribution in [-0.4, -0.2) is 33.7 Å². The summed E-state index contributed by atoms with van der Waals surface area (Å²) in [6.45, 7) is 2.04. The number of hydrogen-bond donors (Lipinski definition) is 1. The highest BCUT2D eigenvalue weighted by molar-refractivity contribution is 5.10. The number of aliphatic hydroxyl groups is 1. The number of nitrogens with zero attached hydrogens (tertiary/aromatic N) is 2. The maximum Gasteiger partial charge on any atom is 0.0595 e. The first-order chi connectivity index (χ1) is 8.84. The monoisotopic (exact) mass is 246 g/mol. The highest BCUT2D eigenvalue weighted by Crippen LogP contribution is 2.36. The molecule has 1 aliphatic heterocycles. The second-order valence-electron chi connectivity index (χ2n) is 5.70. The number of rotatable bonds is 2. The van der Waals surface area contributed by atoms with E-state index in [0.717, 1.165) is 19.5 Å². The summed E-state index contributed by atoms with van der Waals surface area (Å²) in [5.41, 5.74) is 1.34. The first-order valence-electron chi connectivity index (χ1n) is 7.15. The van der Waals surface area contributed by atoms with Crippen LogP contribution in [0, 0.1) is 5.92 Å². The Labute approximate surface area is 109 Å². The molecule has 98 valence electrons. The molecule has 0 aromatic carbocycles. The average molecular weight is 246 g/mol. The van der Waals surface area contributed by atoms with Gasteiger partial charge >= 0.3 is 0 Å². The van der Waals surface area contributed by atoms with E-state index in [-0.39, 0.29) is 6.10 Å². The van der Waals surface area contributed by atoms with Crippen molar-refractivity contribution in [1.29, 1.82) is 0 Å². The van der Waals surface area contributed by atoms with Crippen molar-refractivity contribution in [1.82, 2.24) is 9.88 Å². The van der Waals surface area contributed by atoms with Gasteiger partial charge in [-0.1, -0.05) is 12.8 Å². The van der Waals surface area contributed by atoms with E-state index >= 15 is 0 Å². The lowest BCUT2D eigenvalue weighted by Crippen LogP contribution is -2.52. The number of fused-ring (bicyclic) bond motifs is 1. The molecule has 3 unspecified atom stereocenters. The number of piperidine rings is 1. The molecule has 3 nitrogen and oxygen atoms in total. The van der Waals surface area contributed by atoms with Gasteiger partial charge in [-0.15, -0.1) is 0 Å². The van der Waals surface area contributed by atoms with Crippen LogP contribution in [0.3, 0.4) is 0 Å². The number of aliphatic hydroxyl groups excluding tert-OH is 1. The third-order valence-electron chi connectivity index (χ3n) is 4.59. The van der Waals surface area contributed by atoms with Crippen molar-refractivity contribution in [3.05, 3.63) is 30.1 Å². The third-order valence-corrected chi connectivity index (χ3v) is 4.59. The lowest BCUT2D eigenvalue weighted by Gasteiger charge is -2.46. The van der Waals surface area contributed by atoms with Crippen LogP contribution in [0.5, 0.6) is 0 Å². The quantitative estimate of drug-likeness (QED) is 0.869. The van der Waals surface area contributed by atoms with Gasteiger partial charge in [-0.25, -0.2) is 0 Å². The number of likely N-dealkylation sites (tertiary alicyclic amines) is 1. The van der Waals surface area contributed by atoms with Gasteiger partial charge in [-0.05, 0) is 37.0 Å². The summed E-state index contributed by atoms with van der Waals surface area (Å²) in [6, 6.07) is 4.79. The summed E-state index contributed by atoms with van der Waals surface area (Å²) >= 11 is 0. The highest BCUT2D eigenvalue weighted by Gasteiger charge is 2.38. The molecule has 2 heterocycles. The summed E-state index contributed by atoms with van der Waals surface area (Å²) < 4.78 is 0. The zero-order valence-electron chi connectivity index (χ0n) is 10.8. The maximum absolute atomic E-state index is 10.2. The van der Waals surface area contributed by atoms with Crippen LogP contribution in [-0.2, 0) is 6.54 Å². The summed E-state index contributed by atoms with van der Waals surface area (Å²) in [5.74, 6) is 0.509. The van der Waals surface area contributed by atoms with Gasteiger partial charge in [0.25, 0.3) is 0 Å². The van der Waals surface area contributed by atoms with Crippen LogP contribution in [0.1, 0.15) is 37.7 Å². The van der Waals surface area contributed by atoms with Gasteiger partial charge in [0.05, 0.1) is 6.10 Å². The lowest BCUT2D eigenvalue weighted by molar-refractivity contribution is -0.0393.